The molecule has 0 fully saturated rings. The molecule has 0 saturated carbocycles. The van der Waals surface area contributed by atoms with Crippen LogP contribution in [0.3, 0.4) is 0 Å². The van der Waals surface area contributed by atoms with Crippen molar-refractivity contribution in [1.82, 2.24) is 5.32 Å². The van der Waals surface area contributed by atoms with Crippen molar-refractivity contribution >= 4 is 0 Å². The lowest BCUT2D eigenvalue weighted by Gasteiger charge is -2.33. The van der Waals surface area contributed by atoms with Crippen LogP contribution in [-0.4, -0.2) is 12.6 Å². The Balaban J connectivity index is 1.64. The molecule has 0 spiro atoms. The van der Waals surface area contributed by atoms with E-state index in [-0.39, 0.29) is 5.82 Å². The molecule has 2 unspecified atom stereocenters. The summed E-state index contributed by atoms with van der Waals surface area (Å²) in [6.07, 6.45) is 3.32. The van der Waals surface area contributed by atoms with Crippen molar-refractivity contribution in [2.75, 3.05) is 6.54 Å². The number of fused-ring (bicyclic) bond motifs is 1. The Hall–Kier alpha value is -1.67. The fourth-order valence-electron chi connectivity index (χ4n) is 3.35. The lowest BCUT2D eigenvalue weighted by molar-refractivity contribution is 0.422. The Morgan fingerprint density at radius 3 is 2.62 bits per heavy atom. The molecule has 1 aliphatic carbocycles. The molecule has 110 valence electrons. The molecular formula is C19H22FN. The van der Waals surface area contributed by atoms with Crippen LogP contribution in [0.15, 0.2) is 48.5 Å². The summed E-state index contributed by atoms with van der Waals surface area (Å²) in [4.78, 5) is 0. The van der Waals surface area contributed by atoms with Gasteiger partial charge in [-0.1, -0.05) is 43.3 Å². The second-order valence-electron chi connectivity index (χ2n) is 5.92. The van der Waals surface area contributed by atoms with Gasteiger partial charge in [0.1, 0.15) is 5.82 Å². The average Bonchev–Trinajstić information content (AvgIpc) is 2.47. The fraction of sp³-hybridized carbons (Fsp3) is 0.368. The normalized spacial score (nSPS) is 17.9. The molecule has 2 heteroatoms. The van der Waals surface area contributed by atoms with Gasteiger partial charge in [0.25, 0.3) is 0 Å². The molecule has 2 aromatic carbocycles. The predicted molar refractivity (Wildman–Crippen MR) is 85.1 cm³/mol. The van der Waals surface area contributed by atoms with Crippen LogP contribution in [0.25, 0.3) is 0 Å². The van der Waals surface area contributed by atoms with Crippen molar-refractivity contribution in [2.45, 2.75) is 38.1 Å². The van der Waals surface area contributed by atoms with Gasteiger partial charge in [0, 0.05) is 6.04 Å². The van der Waals surface area contributed by atoms with Gasteiger partial charge < -0.3 is 5.32 Å². The fourth-order valence-corrected chi connectivity index (χ4v) is 3.35. The Labute approximate surface area is 126 Å². The molecule has 2 aromatic rings. The maximum Gasteiger partial charge on any atom is 0.123 e. The summed E-state index contributed by atoms with van der Waals surface area (Å²) < 4.78 is 13.0. The zero-order valence-corrected chi connectivity index (χ0v) is 12.5. The van der Waals surface area contributed by atoms with E-state index in [0.717, 1.165) is 19.4 Å². The highest BCUT2D eigenvalue weighted by Crippen LogP contribution is 2.38. The molecule has 21 heavy (non-hydrogen) atoms. The molecular weight excluding hydrogens is 261 g/mol. The zero-order valence-electron chi connectivity index (χ0n) is 12.5. The van der Waals surface area contributed by atoms with Gasteiger partial charge in [-0.3, -0.25) is 0 Å². The van der Waals surface area contributed by atoms with E-state index in [4.69, 9.17) is 0 Å². The Bertz CT molecular complexity index is 591. The second kappa shape index (κ2) is 6.40. The first-order chi connectivity index (χ1) is 10.3. The van der Waals surface area contributed by atoms with Gasteiger partial charge in [-0.25, -0.2) is 4.39 Å². The molecule has 1 N–H and O–H groups in total. The highest BCUT2D eigenvalue weighted by atomic mass is 19.1. The third-order valence-corrected chi connectivity index (χ3v) is 4.42. The third-order valence-electron chi connectivity index (χ3n) is 4.42. The van der Waals surface area contributed by atoms with E-state index in [1.165, 1.54) is 23.1 Å². The van der Waals surface area contributed by atoms with E-state index in [1.807, 2.05) is 12.1 Å². The maximum absolute atomic E-state index is 13.0. The minimum absolute atomic E-state index is 0.160. The quantitative estimate of drug-likeness (QED) is 0.842. The summed E-state index contributed by atoms with van der Waals surface area (Å²) in [5, 5.41) is 3.58. The van der Waals surface area contributed by atoms with Crippen LogP contribution < -0.4 is 5.32 Å². The summed E-state index contributed by atoms with van der Waals surface area (Å²) in [5.41, 5.74) is 4.22. The van der Waals surface area contributed by atoms with Crippen molar-refractivity contribution in [2.24, 2.45) is 0 Å². The molecule has 0 heterocycles. The van der Waals surface area contributed by atoms with E-state index in [2.05, 4.69) is 36.5 Å². The first-order valence-electron chi connectivity index (χ1n) is 7.82. The van der Waals surface area contributed by atoms with Gasteiger partial charge in [0.05, 0.1) is 0 Å². The van der Waals surface area contributed by atoms with Crippen LogP contribution in [0.4, 0.5) is 4.39 Å². The maximum atomic E-state index is 13.0. The minimum Gasteiger partial charge on any atom is -0.314 e. The molecule has 0 bridgehead atoms. The number of hydrogen-bond donors (Lipinski definition) is 1. The lowest BCUT2D eigenvalue weighted by Crippen LogP contribution is -2.35. The molecule has 3 rings (SSSR count). The molecule has 1 aliphatic rings. The van der Waals surface area contributed by atoms with Crippen LogP contribution >= 0.6 is 0 Å². The van der Waals surface area contributed by atoms with E-state index in [1.54, 1.807) is 12.1 Å². The number of halogens is 1. The lowest BCUT2D eigenvalue weighted by atomic mass is 9.74. The van der Waals surface area contributed by atoms with E-state index < -0.39 is 0 Å². The number of benzene rings is 2. The van der Waals surface area contributed by atoms with Crippen molar-refractivity contribution in [3.63, 3.8) is 0 Å². The largest absolute Gasteiger partial charge is 0.314 e. The summed E-state index contributed by atoms with van der Waals surface area (Å²) in [6.45, 7) is 3.12. The molecule has 0 saturated heterocycles. The van der Waals surface area contributed by atoms with Gasteiger partial charge in [0.15, 0.2) is 0 Å². The van der Waals surface area contributed by atoms with Crippen molar-refractivity contribution in [3.05, 3.63) is 71.0 Å². The molecule has 0 amide bonds. The van der Waals surface area contributed by atoms with Crippen LogP contribution in [0.2, 0.25) is 0 Å². The molecule has 0 radical (unpaired) electrons. The number of likely N-dealkylation sites (N-methyl/N-ethyl adjacent to an activating group) is 1. The van der Waals surface area contributed by atoms with Crippen LogP contribution in [0, 0.1) is 5.82 Å². The number of hydrogen-bond acceptors (Lipinski definition) is 1. The van der Waals surface area contributed by atoms with Crippen LogP contribution in [0.5, 0.6) is 0 Å². The summed E-state index contributed by atoms with van der Waals surface area (Å²) in [6, 6.07) is 16.1. The van der Waals surface area contributed by atoms with E-state index in [9.17, 15) is 4.39 Å². The van der Waals surface area contributed by atoms with Gasteiger partial charge in [-0.2, -0.15) is 0 Å². The topological polar surface area (TPSA) is 12.0 Å². The number of rotatable bonds is 6. The summed E-state index contributed by atoms with van der Waals surface area (Å²) in [7, 11) is 0. The standard InChI is InChI=1S/C19H22FN/c1-2-21-18(11-14-7-9-17(20)10-8-14)13-16-12-15-5-3-4-6-19(15)16/h3-10,16,18,21H,2,11-13H2,1H3. The Morgan fingerprint density at radius 1 is 1.14 bits per heavy atom. The first-order valence-corrected chi connectivity index (χ1v) is 7.82. The van der Waals surface area contributed by atoms with Gasteiger partial charge in [-0.05, 0) is 60.5 Å². The Morgan fingerprint density at radius 2 is 1.90 bits per heavy atom. The van der Waals surface area contributed by atoms with Crippen LogP contribution in [0.1, 0.15) is 36.0 Å². The third kappa shape index (κ3) is 3.33. The predicted octanol–water partition coefficient (Wildman–Crippen LogP) is 4.08. The summed E-state index contributed by atoms with van der Waals surface area (Å²) >= 11 is 0. The van der Waals surface area contributed by atoms with Crippen LogP contribution in [-0.2, 0) is 12.8 Å². The van der Waals surface area contributed by atoms with E-state index in [0.29, 0.717) is 12.0 Å². The zero-order chi connectivity index (χ0) is 14.7. The summed E-state index contributed by atoms with van der Waals surface area (Å²) in [5.74, 6) is 0.511. The Kier molecular flexibility index (Phi) is 4.35. The van der Waals surface area contributed by atoms with Gasteiger partial charge in [0.2, 0.25) is 0 Å². The molecule has 0 aromatic heterocycles. The highest BCUT2D eigenvalue weighted by Gasteiger charge is 2.27. The minimum atomic E-state index is -0.160. The number of nitrogens with one attached hydrogen (secondary N) is 1. The molecule has 1 nitrogen and oxygen atoms in total. The molecule has 2 atom stereocenters. The van der Waals surface area contributed by atoms with E-state index >= 15 is 0 Å². The molecule has 0 aliphatic heterocycles. The highest BCUT2D eigenvalue weighted by molar-refractivity contribution is 5.40. The monoisotopic (exact) mass is 283 g/mol. The van der Waals surface area contributed by atoms with Crippen molar-refractivity contribution in [1.29, 1.82) is 0 Å². The SMILES string of the molecule is CCNC(Cc1ccc(F)cc1)CC1Cc2ccccc21. The van der Waals surface area contributed by atoms with Gasteiger partial charge >= 0.3 is 0 Å². The average molecular weight is 283 g/mol. The smallest absolute Gasteiger partial charge is 0.123 e. The van der Waals surface area contributed by atoms with Crippen molar-refractivity contribution in [3.8, 4) is 0 Å². The first kappa shape index (κ1) is 14.3. The van der Waals surface area contributed by atoms with Crippen molar-refractivity contribution < 1.29 is 4.39 Å². The second-order valence-corrected chi connectivity index (χ2v) is 5.92. The van der Waals surface area contributed by atoms with Gasteiger partial charge in [-0.15, -0.1) is 0 Å².